The second-order valence-electron chi connectivity index (χ2n) is 5.44. The van der Waals surface area contributed by atoms with Crippen molar-refractivity contribution in [1.82, 2.24) is 4.90 Å². The predicted octanol–water partition coefficient (Wildman–Crippen LogP) is 4.15. The Morgan fingerprint density at radius 3 is 2.79 bits per heavy atom. The molecule has 0 atom stereocenters. The molecule has 0 bridgehead atoms. The smallest absolute Gasteiger partial charge is 0.174 e. The number of piperidine rings is 1. The fourth-order valence-electron chi connectivity index (χ4n) is 2.58. The fraction of sp³-hybridized carbons (Fsp3) is 0.688. The molecule has 1 aromatic heterocycles. The fourth-order valence-corrected chi connectivity index (χ4v) is 3.60. The molecule has 1 fully saturated rings. The van der Waals surface area contributed by atoms with Crippen LogP contribution in [-0.2, 0) is 6.42 Å². The van der Waals surface area contributed by atoms with Crippen LogP contribution in [0.15, 0.2) is 12.1 Å². The van der Waals surface area contributed by atoms with E-state index in [1.54, 1.807) is 11.3 Å². The van der Waals surface area contributed by atoms with E-state index >= 15 is 0 Å². The Labute approximate surface area is 120 Å². The van der Waals surface area contributed by atoms with Crippen LogP contribution in [0.1, 0.15) is 60.0 Å². The molecule has 19 heavy (non-hydrogen) atoms. The molecule has 0 radical (unpaired) electrons. The lowest BCUT2D eigenvalue weighted by molar-refractivity contribution is 0.0962. The number of rotatable bonds is 7. The highest BCUT2D eigenvalue weighted by Gasteiger charge is 2.14. The summed E-state index contributed by atoms with van der Waals surface area (Å²) in [7, 11) is 0. The van der Waals surface area contributed by atoms with Crippen molar-refractivity contribution in [3.63, 3.8) is 0 Å². The molecule has 0 aromatic carbocycles. The number of hydrogen-bond acceptors (Lipinski definition) is 3. The van der Waals surface area contributed by atoms with Gasteiger partial charge in [-0.25, -0.2) is 0 Å². The van der Waals surface area contributed by atoms with E-state index in [9.17, 15) is 4.79 Å². The third-order valence-corrected chi connectivity index (χ3v) is 5.00. The second kappa shape index (κ2) is 7.81. The molecule has 1 saturated heterocycles. The van der Waals surface area contributed by atoms with E-state index in [1.165, 1.54) is 50.1 Å². The zero-order chi connectivity index (χ0) is 13.5. The molecule has 2 rings (SSSR count). The van der Waals surface area contributed by atoms with E-state index < -0.39 is 0 Å². The lowest BCUT2D eigenvalue weighted by Gasteiger charge is -2.25. The summed E-state index contributed by atoms with van der Waals surface area (Å²) in [4.78, 5) is 16.9. The Morgan fingerprint density at radius 1 is 1.26 bits per heavy atom. The van der Waals surface area contributed by atoms with E-state index in [0.717, 1.165) is 17.8 Å². The maximum atomic E-state index is 12.2. The van der Waals surface area contributed by atoms with Gasteiger partial charge >= 0.3 is 0 Å². The third-order valence-electron chi connectivity index (χ3n) is 3.82. The largest absolute Gasteiger partial charge is 0.303 e. The van der Waals surface area contributed by atoms with Gasteiger partial charge in [0.25, 0.3) is 0 Å². The van der Waals surface area contributed by atoms with Crippen molar-refractivity contribution in [2.45, 2.75) is 51.9 Å². The van der Waals surface area contributed by atoms with Crippen LogP contribution >= 0.6 is 11.3 Å². The Hall–Kier alpha value is -0.670. The molecule has 2 heterocycles. The topological polar surface area (TPSA) is 20.3 Å². The summed E-state index contributed by atoms with van der Waals surface area (Å²) in [6, 6.07) is 4.16. The molecule has 1 aliphatic heterocycles. The summed E-state index contributed by atoms with van der Waals surface area (Å²) >= 11 is 1.70. The molecule has 1 aromatic rings. The minimum atomic E-state index is 0.332. The van der Waals surface area contributed by atoms with Gasteiger partial charge in [-0.2, -0.15) is 0 Å². The average molecular weight is 279 g/mol. The zero-order valence-electron chi connectivity index (χ0n) is 12.0. The van der Waals surface area contributed by atoms with Crippen molar-refractivity contribution in [3.05, 3.63) is 21.9 Å². The first kappa shape index (κ1) is 14.7. The van der Waals surface area contributed by atoms with Crippen molar-refractivity contribution < 1.29 is 4.79 Å². The number of thiophene rings is 1. The lowest BCUT2D eigenvalue weighted by Crippen LogP contribution is -2.31. The molecular formula is C16H25NOS. The monoisotopic (exact) mass is 279 g/mol. The van der Waals surface area contributed by atoms with E-state index in [0.29, 0.717) is 12.2 Å². The van der Waals surface area contributed by atoms with Gasteiger partial charge in [0.05, 0.1) is 4.88 Å². The molecule has 1 aliphatic rings. The van der Waals surface area contributed by atoms with E-state index in [1.807, 2.05) is 6.07 Å². The number of likely N-dealkylation sites (tertiary alicyclic amines) is 1. The van der Waals surface area contributed by atoms with Crippen molar-refractivity contribution in [2.24, 2.45) is 0 Å². The standard InChI is InChI=1S/C16H25NOS/c1-2-3-7-14-8-9-16(19-14)15(18)10-13-17-11-5-4-6-12-17/h8-9H,2-7,10-13H2,1H3. The number of carbonyl (C=O) groups is 1. The predicted molar refractivity (Wildman–Crippen MR) is 82.2 cm³/mol. The van der Waals surface area contributed by atoms with Gasteiger partial charge < -0.3 is 4.90 Å². The number of carbonyl (C=O) groups excluding carboxylic acids is 1. The summed E-state index contributed by atoms with van der Waals surface area (Å²) in [6.07, 6.45) is 8.21. The molecule has 0 N–H and O–H groups in total. The van der Waals surface area contributed by atoms with Crippen LogP contribution in [0.5, 0.6) is 0 Å². The van der Waals surface area contributed by atoms with Crippen LogP contribution in [0.2, 0.25) is 0 Å². The van der Waals surface area contributed by atoms with Gasteiger partial charge in [-0.05, 0) is 50.9 Å². The maximum absolute atomic E-state index is 12.2. The second-order valence-corrected chi connectivity index (χ2v) is 6.61. The lowest BCUT2D eigenvalue weighted by atomic mass is 10.1. The zero-order valence-corrected chi connectivity index (χ0v) is 12.8. The van der Waals surface area contributed by atoms with Crippen LogP contribution < -0.4 is 0 Å². The number of ketones is 1. The van der Waals surface area contributed by atoms with Gasteiger partial charge in [-0.3, -0.25) is 4.79 Å². The SMILES string of the molecule is CCCCc1ccc(C(=O)CCN2CCCCC2)s1. The number of aryl methyl sites for hydroxylation is 1. The highest BCUT2D eigenvalue weighted by atomic mass is 32.1. The first-order chi connectivity index (χ1) is 9.29. The van der Waals surface area contributed by atoms with E-state index in [4.69, 9.17) is 0 Å². The van der Waals surface area contributed by atoms with Gasteiger partial charge in [0.2, 0.25) is 0 Å². The van der Waals surface area contributed by atoms with Gasteiger partial charge in [0, 0.05) is 17.8 Å². The quantitative estimate of drug-likeness (QED) is 0.699. The molecule has 3 heteroatoms. The summed E-state index contributed by atoms with van der Waals surface area (Å²) < 4.78 is 0. The van der Waals surface area contributed by atoms with E-state index in [2.05, 4.69) is 17.9 Å². The summed E-state index contributed by atoms with van der Waals surface area (Å²) in [6.45, 7) is 5.51. The summed E-state index contributed by atoms with van der Waals surface area (Å²) in [5, 5.41) is 0. The van der Waals surface area contributed by atoms with Crippen molar-refractivity contribution in [1.29, 1.82) is 0 Å². The van der Waals surface area contributed by atoms with E-state index in [-0.39, 0.29) is 0 Å². The Morgan fingerprint density at radius 2 is 2.05 bits per heavy atom. The normalized spacial score (nSPS) is 16.7. The number of hydrogen-bond donors (Lipinski definition) is 0. The number of Topliss-reactive ketones (excluding diaryl/α,β-unsaturated/α-hetero) is 1. The number of nitrogens with zero attached hydrogens (tertiary/aromatic N) is 1. The molecule has 2 nitrogen and oxygen atoms in total. The summed E-state index contributed by atoms with van der Waals surface area (Å²) in [5.74, 6) is 0.332. The van der Waals surface area contributed by atoms with Crippen LogP contribution in [0.4, 0.5) is 0 Å². The minimum Gasteiger partial charge on any atom is -0.303 e. The van der Waals surface area contributed by atoms with Gasteiger partial charge in [0.1, 0.15) is 0 Å². The van der Waals surface area contributed by atoms with Crippen LogP contribution in [0.3, 0.4) is 0 Å². The van der Waals surface area contributed by atoms with Crippen molar-refractivity contribution in [3.8, 4) is 0 Å². The van der Waals surface area contributed by atoms with Crippen molar-refractivity contribution >= 4 is 17.1 Å². The molecule has 0 aliphatic carbocycles. The Kier molecular flexibility index (Phi) is 6.05. The third kappa shape index (κ3) is 4.73. The Bertz CT molecular complexity index is 393. The highest BCUT2D eigenvalue weighted by molar-refractivity contribution is 7.14. The molecule has 0 unspecified atom stereocenters. The van der Waals surface area contributed by atoms with Gasteiger partial charge in [-0.15, -0.1) is 11.3 Å². The molecular weight excluding hydrogens is 254 g/mol. The molecule has 0 saturated carbocycles. The first-order valence-corrected chi connectivity index (χ1v) is 8.45. The van der Waals surface area contributed by atoms with Crippen LogP contribution in [-0.4, -0.2) is 30.3 Å². The molecule has 0 spiro atoms. The highest BCUT2D eigenvalue weighted by Crippen LogP contribution is 2.20. The first-order valence-electron chi connectivity index (χ1n) is 7.64. The van der Waals surface area contributed by atoms with Gasteiger partial charge in [-0.1, -0.05) is 19.8 Å². The molecule has 0 amide bonds. The number of unbranched alkanes of at least 4 members (excludes halogenated alkanes) is 1. The maximum Gasteiger partial charge on any atom is 0.174 e. The molecule has 106 valence electrons. The van der Waals surface area contributed by atoms with Crippen molar-refractivity contribution in [2.75, 3.05) is 19.6 Å². The van der Waals surface area contributed by atoms with Crippen LogP contribution in [0, 0.1) is 0 Å². The summed E-state index contributed by atoms with van der Waals surface area (Å²) in [5.41, 5.74) is 0. The average Bonchev–Trinajstić information content (AvgIpc) is 2.92. The minimum absolute atomic E-state index is 0.332. The Balaban J connectivity index is 1.77. The van der Waals surface area contributed by atoms with Gasteiger partial charge in [0.15, 0.2) is 5.78 Å². The van der Waals surface area contributed by atoms with Crippen LogP contribution in [0.25, 0.3) is 0 Å².